The molecule has 5 atom stereocenters. The number of hydrogen-bond acceptors (Lipinski definition) is 8. The average Bonchev–Trinajstić information content (AvgIpc) is 3.60. The third kappa shape index (κ3) is 5.32. The van der Waals surface area contributed by atoms with E-state index in [2.05, 4.69) is 28.2 Å². The highest BCUT2D eigenvalue weighted by Crippen LogP contribution is 2.46. The summed E-state index contributed by atoms with van der Waals surface area (Å²) < 4.78 is 71.2. The second-order valence-corrected chi connectivity index (χ2v) is 13.3. The van der Waals surface area contributed by atoms with Crippen molar-refractivity contribution in [1.29, 1.82) is 0 Å². The summed E-state index contributed by atoms with van der Waals surface area (Å²) in [6.07, 6.45) is -2.23. The summed E-state index contributed by atoms with van der Waals surface area (Å²) in [5.41, 5.74) is 5.22. The van der Waals surface area contributed by atoms with Crippen molar-refractivity contribution < 1.29 is 32.1 Å². The van der Waals surface area contributed by atoms with E-state index in [4.69, 9.17) is 25.2 Å². The summed E-state index contributed by atoms with van der Waals surface area (Å²) in [7, 11) is 0. The van der Waals surface area contributed by atoms with Crippen LogP contribution in [0.5, 0.6) is 6.01 Å². The van der Waals surface area contributed by atoms with Crippen molar-refractivity contribution >= 4 is 11.5 Å². The van der Waals surface area contributed by atoms with Gasteiger partial charge < -0.3 is 25.2 Å². The van der Waals surface area contributed by atoms with Gasteiger partial charge >= 0.3 is 12.2 Å². The molecule has 2 bridgehead atoms. The van der Waals surface area contributed by atoms with Gasteiger partial charge in [-0.15, -0.1) is 5.92 Å². The van der Waals surface area contributed by atoms with Crippen LogP contribution in [0.2, 0.25) is 0 Å². The molecule has 45 heavy (non-hydrogen) atoms. The van der Waals surface area contributed by atoms with Gasteiger partial charge in [0.2, 0.25) is 0 Å². The Bertz CT molecular complexity index is 1600. The van der Waals surface area contributed by atoms with Crippen molar-refractivity contribution in [2.45, 2.75) is 76.0 Å². The minimum Gasteiger partial charge on any atom is -0.461 e. The number of piperidine rings is 1. The predicted octanol–water partition coefficient (Wildman–Crippen LogP) is 4.78. The summed E-state index contributed by atoms with van der Waals surface area (Å²) in [4.78, 5) is 14.1. The summed E-state index contributed by atoms with van der Waals surface area (Å²) in [5, 5.41) is 10.6. The molecule has 1 aromatic heterocycles. The maximum atomic E-state index is 15.5. The number of nitrogens with two attached hydrogens (primary N) is 1. The van der Waals surface area contributed by atoms with Gasteiger partial charge in [0.1, 0.15) is 12.4 Å². The van der Waals surface area contributed by atoms with E-state index in [1.54, 1.807) is 0 Å². The van der Waals surface area contributed by atoms with Crippen LogP contribution < -0.4 is 15.4 Å². The van der Waals surface area contributed by atoms with E-state index in [0.29, 0.717) is 42.7 Å². The van der Waals surface area contributed by atoms with Crippen LogP contribution in [0.3, 0.4) is 0 Å². The Hall–Kier alpha value is -3.40. The molecule has 3 N–H and O–H groups in total. The summed E-state index contributed by atoms with van der Waals surface area (Å²) in [5.74, 6) is 4.73. The Kier molecular flexibility index (Phi) is 7.49. The van der Waals surface area contributed by atoms with E-state index >= 15 is 4.39 Å². The molecule has 4 aliphatic heterocycles. The molecule has 5 heterocycles. The van der Waals surface area contributed by atoms with E-state index in [-0.39, 0.29) is 36.6 Å². The number of rotatable bonds is 5. The lowest BCUT2D eigenvalue weighted by Crippen LogP contribution is -2.43. The molecule has 1 aliphatic carbocycles. The molecule has 1 aromatic carbocycles. The number of halogens is 4. The standard InChI is InChI=1S/C33H37F4N5O3/c1-3-5-20-10-23(38)29(34)27(28(20)33(35,36)37)26-11-24-22(16-44-26)30(41-14-19-8-21(15-41)25(43)9-19)40-31(39-24)45-17-32-6-4-7-42(32)13-18(2)12-32/h10,19,21,25-26,43H,2,4,6-9,11-17,38H2,1H3/t19-,21-,25-,26+,32+/m1/s1. The molecule has 1 saturated carbocycles. The maximum absolute atomic E-state index is 15.5. The molecule has 0 radical (unpaired) electrons. The minimum absolute atomic E-state index is 0.0975. The van der Waals surface area contributed by atoms with Gasteiger partial charge in [0, 0.05) is 48.7 Å². The zero-order valence-electron chi connectivity index (χ0n) is 25.2. The van der Waals surface area contributed by atoms with Gasteiger partial charge in [-0.1, -0.05) is 18.1 Å². The Morgan fingerprint density at radius 2 is 2.09 bits per heavy atom. The number of anilines is 2. The van der Waals surface area contributed by atoms with Crippen molar-refractivity contribution in [2.75, 3.05) is 43.4 Å². The smallest absolute Gasteiger partial charge is 0.418 e. The highest BCUT2D eigenvalue weighted by Gasteiger charge is 2.47. The number of nitrogens with zero attached hydrogens (tertiary/aromatic N) is 4. The van der Waals surface area contributed by atoms with Crippen molar-refractivity contribution in [3.05, 3.63) is 52.0 Å². The molecule has 3 saturated heterocycles. The van der Waals surface area contributed by atoms with E-state index < -0.39 is 40.5 Å². The van der Waals surface area contributed by atoms with Crippen molar-refractivity contribution in [1.82, 2.24) is 14.9 Å². The molecule has 0 amide bonds. The fourth-order valence-corrected chi connectivity index (χ4v) is 8.33. The lowest BCUT2D eigenvalue weighted by atomic mass is 9.90. The molecular formula is C33H37F4N5O3. The van der Waals surface area contributed by atoms with Gasteiger partial charge in [-0.25, -0.2) is 4.39 Å². The van der Waals surface area contributed by atoms with Gasteiger partial charge in [-0.3, -0.25) is 4.90 Å². The maximum Gasteiger partial charge on any atom is 0.418 e. The second-order valence-electron chi connectivity index (χ2n) is 13.3. The molecule has 5 aliphatic rings. The molecule has 240 valence electrons. The van der Waals surface area contributed by atoms with Gasteiger partial charge in [0.05, 0.1) is 41.3 Å². The molecular weight excluding hydrogens is 590 g/mol. The number of alkyl halides is 3. The van der Waals surface area contributed by atoms with E-state index in [9.17, 15) is 18.3 Å². The minimum atomic E-state index is -4.90. The highest BCUT2D eigenvalue weighted by molar-refractivity contribution is 5.59. The lowest BCUT2D eigenvalue weighted by molar-refractivity contribution is -0.140. The first-order chi connectivity index (χ1) is 21.5. The molecule has 2 aromatic rings. The lowest BCUT2D eigenvalue weighted by Gasteiger charge is -2.36. The number of ether oxygens (including phenoxy) is 2. The van der Waals surface area contributed by atoms with E-state index in [1.807, 2.05) is 0 Å². The van der Waals surface area contributed by atoms with Crippen LogP contribution in [0.15, 0.2) is 18.2 Å². The van der Waals surface area contributed by atoms with Crippen LogP contribution in [0.4, 0.5) is 29.1 Å². The number of benzene rings is 1. The van der Waals surface area contributed by atoms with Crippen LogP contribution in [0.25, 0.3) is 0 Å². The second kappa shape index (κ2) is 11.1. The molecule has 4 fully saturated rings. The molecule has 12 heteroatoms. The number of aliphatic hydroxyl groups excluding tert-OH is 1. The number of fused-ring (bicyclic) bond motifs is 4. The average molecular weight is 628 g/mol. The van der Waals surface area contributed by atoms with Crippen LogP contribution in [-0.4, -0.2) is 64.4 Å². The molecule has 0 spiro atoms. The molecule has 0 unspecified atom stereocenters. The van der Waals surface area contributed by atoms with Gasteiger partial charge in [-0.2, -0.15) is 23.1 Å². The van der Waals surface area contributed by atoms with Crippen LogP contribution in [0.1, 0.15) is 73.1 Å². The van der Waals surface area contributed by atoms with Crippen molar-refractivity contribution in [3.63, 3.8) is 0 Å². The predicted molar refractivity (Wildman–Crippen MR) is 159 cm³/mol. The highest BCUT2D eigenvalue weighted by atomic mass is 19.4. The van der Waals surface area contributed by atoms with Crippen molar-refractivity contribution in [3.8, 4) is 17.9 Å². The van der Waals surface area contributed by atoms with Gasteiger partial charge in [0.15, 0.2) is 5.82 Å². The SMILES string of the molecule is C=C1CN2CCC[C@@]2(COc2nc3c(c(N4C[C@@H]5C[C@H](C4)[C@H](O)C5)n2)CO[C@H](c2c(F)c(N)cc(C#CC)c2C(F)(F)F)C3)C1. The molecule has 8 nitrogen and oxygen atoms in total. The Morgan fingerprint density at radius 3 is 2.84 bits per heavy atom. The number of nitrogen functional groups attached to an aromatic ring is 1. The third-order valence-electron chi connectivity index (χ3n) is 10.2. The number of hydrogen-bond donors (Lipinski definition) is 2. The third-order valence-corrected chi connectivity index (χ3v) is 10.2. The summed E-state index contributed by atoms with van der Waals surface area (Å²) >= 11 is 0. The first kappa shape index (κ1) is 30.3. The number of aromatic nitrogens is 2. The fourth-order valence-electron chi connectivity index (χ4n) is 8.33. The van der Waals surface area contributed by atoms with Gasteiger partial charge in [0.25, 0.3) is 0 Å². The van der Waals surface area contributed by atoms with Gasteiger partial charge in [-0.05, 0) is 57.6 Å². The first-order valence-electron chi connectivity index (χ1n) is 15.6. The quantitative estimate of drug-likeness (QED) is 0.212. The van der Waals surface area contributed by atoms with Crippen LogP contribution in [-0.2, 0) is 23.9 Å². The topological polar surface area (TPSA) is 97.0 Å². The summed E-state index contributed by atoms with van der Waals surface area (Å²) in [6, 6.07) is 1.05. The Morgan fingerprint density at radius 1 is 1.27 bits per heavy atom. The monoisotopic (exact) mass is 627 g/mol. The number of aliphatic hydroxyl groups is 1. The normalized spacial score (nSPS) is 29.4. The fraction of sp³-hybridized carbons (Fsp3) is 0.576. The Balaban J connectivity index is 1.27. The van der Waals surface area contributed by atoms with Crippen LogP contribution >= 0.6 is 0 Å². The molecule has 7 rings (SSSR count). The summed E-state index contributed by atoms with van der Waals surface area (Å²) in [6.45, 7) is 8.89. The van der Waals surface area contributed by atoms with E-state index in [1.165, 1.54) is 6.92 Å². The largest absolute Gasteiger partial charge is 0.461 e. The zero-order valence-corrected chi connectivity index (χ0v) is 25.2. The van der Waals surface area contributed by atoms with E-state index in [0.717, 1.165) is 56.8 Å². The zero-order chi connectivity index (χ0) is 31.7. The van der Waals surface area contributed by atoms with Crippen LogP contribution in [0, 0.1) is 29.5 Å². The first-order valence-corrected chi connectivity index (χ1v) is 15.6. The Labute approximate surface area is 259 Å². The van der Waals surface area contributed by atoms with Crippen molar-refractivity contribution in [2.24, 2.45) is 11.8 Å².